The number of nitrogens with zero attached hydrogens (tertiary/aromatic N) is 4. The number of likely N-dealkylation sites (N-methyl/N-ethyl adjacent to an activating group) is 1. The van der Waals surface area contributed by atoms with Crippen molar-refractivity contribution in [2.24, 2.45) is 0 Å². The molecule has 4 aromatic rings. The summed E-state index contributed by atoms with van der Waals surface area (Å²) in [5, 5.41) is 3.54. The van der Waals surface area contributed by atoms with Crippen molar-refractivity contribution >= 4 is 5.82 Å². The van der Waals surface area contributed by atoms with Gasteiger partial charge in [-0.25, -0.2) is 4.98 Å². The van der Waals surface area contributed by atoms with Gasteiger partial charge in [-0.1, -0.05) is 18.2 Å². The summed E-state index contributed by atoms with van der Waals surface area (Å²) < 4.78 is 5.93. The normalized spacial score (nSPS) is 13.1. The first-order valence-corrected chi connectivity index (χ1v) is 11.7. The van der Waals surface area contributed by atoms with Gasteiger partial charge < -0.3 is 15.0 Å². The lowest BCUT2D eigenvalue weighted by Gasteiger charge is -2.13. The molecule has 1 aliphatic rings. The van der Waals surface area contributed by atoms with Crippen molar-refractivity contribution in [3.8, 4) is 39.4 Å². The predicted octanol–water partition coefficient (Wildman–Crippen LogP) is 5.39. The number of ether oxygens (including phenoxy) is 1. The largest absolute Gasteiger partial charge is 0.492 e. The average molecular weight is 452 g/mol. The summed E-state index contributed by atoms with van der Waals surface area (Å²) in [5.41, 5.74) is 5.93. The van der Waals surface area contributed by atoms with E-state index < -0.39 is 0 Å². The molecule has 1 saturated carbocycles. The molecule has 6 heteroatoms. The molecule has 1 N–H and O–H groups in total. The lowest BCUT2D eigenvalue weighted by Crippen LogP contribution is -2.19. The molecule has 172 valence electrons. The summed E-state index contributed by atoms with van der Waals surface area (Å²) in [7, 11) is 4.09. The summed E-state index contributed by atoms with van der Waals surface area (Å²) in [5.74, 6) is 1.74. The van der Waals surface area contributed by atoms with Crippen molar-refractivity contribution in [1.29, 1.82) is 0 Å². The lowest BCUT2D eigenvalue weighted by atomic mass is 10.0. The predicted molar refractivity (Wildman–Crippen MR) is 137 cm³/mol. The fourth-order valence-electron chi connectivity index (χ4n) is 3.72. The van der Waals surface area contributed by atoms with Crippen molar-refractivity contribution in [2.75, 3.05) is 32.6 Å². The average Bonchev–Trinajstić information content (AvgIpc) is 3.68. The van der Waals surface area contributed by atoms with Crippen molar-refractivity contribution < 1.29 is 4.74 Å². The molecule has 34 heavy (non-hydrogen) atoms. The first-order valence-electron chi connectivity index (χ1n) is 11.7. The highest BCUT2D eigenvalue weighted by Crippen LogP contribution is 2.32. The monoisotopic (exact) mass is 451 g/mol. The summed E-state index contributed by atoms with van der Waals surface area (Å²) >= 11 is 0. The van der Waals surface area contributed by atoms with E-state index >= 15 is 0 Å². The fourth-order valence-corrected chi connectivity index (χ4v) is 3.72. The smallest absolute Gasteiger partial charge is 0.127 e. The van der Waals surface area contributed by atoms with Gasteiger partial charge in [0.25, 0.3) is 0 Å². The van der Waals surface area contributed by atoms with E-state index in [2.05, 4.69) is 50.5 Å². The lowest BCUT2D eigenvalue weighted by molar-refractivity contribution is 0.261. The Morgan fingerprint density at radius 1 is 0.882 bits per heavy atom. The Hall–Kier alpha value is -3.77. The standard InChI is InChI=1S/C28H29N5O/c1-33(2)12-13-34-25-7-5-6-20(15-25)22-14-23(19-29-18-22)21-16-27(26-8-3-4-11-30-26)32-28(17-21)31-24-9-10-24/h3-8,11,14-19,24H,9-10,12-13H2,1-2H3,(H,31,32). The van der Waals surface area contributed by atoms with Crippen LogP contribution in [0, 0.1) is 0 Å². The van der Waals surface area contributed by atoms with Gasteiger partial charge >= 0.3 is 0 Å². The molecule has 5 rings (SSSR count). The molecule has 6 nitrogen and oxygen atoms in total. The number of hydrogen-bond acceptors (Lipinski definition) is 6. The number of rotatable bonds is 9. The van der Waals surface area contributed by atoms with Gasteiger partial charge in [-0.3, -0.25) is 9.97 Å². The van der Waals surface area contributed by atoms with Crippen LogP contribution in [-0.2, 0) is 0 Å². The van der Waals surface area contributed by atoms with Gasteiger partial charge in [-0.15, -0.1) is 0 Å². The van der Waals surface area contributed by atoms with Gasteiger partial charge in [0.05, 0.1) is 11.4 Å². The maximum Gasteiger partial charge on any atom is 0.127 e. The van der Waals surface area contributed by atoms with E-state index in [9.17, 15) is 0 Å². The van der Waals surface area contributed by atoms with Crippen molar-refractivity contribution in [3.05, 3.63) is 79.3 Å². The van der Waals surface area contributed by atoms with Gasteiger partial charge in [0.15, 0.2) is 0 Å². The van der Waals surface area contributed by atoms with Crippen LogP contribution >= 0.6 is 0 Å². The van der Waals surface area contributed by atoms with Gasteiger partial charge in [0, 0.05) is 42.3 Å². The maximum atomic E-state index is 5.93. The molecule has 3 heterocycles. The zero-order valence-electron chi connectivity index (χ0n) is 19.6. The summed E-state index contributed by atoms with van der Waals surface area (Å²) in [4.78, 5) is 16.0. The van der Waals surface area contributed by atoms with E-state index in [0.717, 1.165) is 51.8 Å². The number of anilines is 1. The Bertz CT molecular complexity index is 1250. The van der Waals surface area contributed by atoms with Crippen LogP contribution in [0.15, 0.2) is 79.3 Å². The van der Waals surface area contributed by atoms with Crippen LogP contribution in [0.5, 0.6) is 5.75 Å². The molecular weight excluding hydrogens is 422 g/mol. The number of benzene rings is 1. The van der Waals surface area contributed by atoms with Gasteiger partial charge in [0.1, 0.15) is 18.2 Å². The molecule has 0 saturated heterocycles. The van der Waals surface area contributed by atoms with Gasteiger partial charge in [0.2, 0.25) is 0 Å². The number of nitrogens with one attached hydrogen (secondary N) is 1. The van der Waals surface area contributed by atoms with Crippen LogP contribution in [0.3, 0.4) is 0 Å². The van der Waals surface area contributed by atoms with E-state index in [1.807, 2.05) is 56.8 Å². The molecule has 3 aromatic heterocycles. The molecule has 0 radical (unpaired) electrons. The zero-order valence-corrected chi connectivity index (χ0v) is 19.6. The van der Waals surface area contributed by atoms with Crippen molar-refractivity contribution in [3.63, 3.8) is 0 Å². The fraction of sp³-hybridized carbons (Fsp3) is 0.250. The number of aromatic nitrogens is 3. The summed E-state index contributed by atoms with van der Waals surface area (Å²) in [6, 6.07) is 20.9. The third-order valence-electron chi connectivity index (χ3n) is 5.73. The highest BCUT2D eigenvalue weighted by Gasteiger charge is 2.22. The quantitative estimate of drug-likeness (QED) is 0.368. The van der Waals surface area contributed by atoms with Crippen LogP contribution in [0.4, 0.5) is 5.82 Å². The minimum absolute atomic E-state index is 0.513. The SMILES string of the molecule is CN(C)CCOc1cccc(-c2cncc(-c3cc(NC4CC4)nc(-c4ccccn4)c3)c2)c1. The molecule has 1 fully saturated rings. The maximum absolute atomic E-state index is 5.93. The second-order valence-corrected chi connectivity index (χ2v) is 8.90. The molecule has 0 bridgehead atoms. The second-order valence-electron chi connectivity index (χ2n) is 8.90. The van der Waals surface area contributed by atoms with Crippen LogP contribution < -0.4 is 10.1 Å². The molecule has 1 aliphatic carbocycles. The third-order valence-corrected chi connectivity index (χ3v) is 5.73. The molecule has 0 atom stereocenters. The first kappa shape index (κ1) is 22.0. The van der Waals surface area contributed by atoms with E-state index in [4.69, 9.17) is 9.72 Å². The van der Waals surface area contributed by atoms with Crippen molar-refractivity contribution in [1.82, 2.24) is 19.9 Å². The Morgan fingerprint density at radius 3 is 2.50 bits per heavy atom. The van der Waals surface area contributed by atoms with Gasteiger partial charge in [-0.05, 0) is 80.5 Å². The molecular formula is C28H29N5O. The second kappa shape index (κ2) is 10.0. The Labute approximate surface area is 200 Å². The molecule has 1 aromatic carbocycles. The topological polar surface area (TPSA) is 63.2 Å². The highest BCUT2D eigenvalue weighted by atomic mass is 16.5. The minimum Gasteiger partial charge on any atom is -0.492 e. The molecule has 0 aliphatic heterocycles. The van der Waals surface area contributed by atoms with Crippen LogP contribution in [0.25, 0.3) is 33.6 Å². The van der Waals surface area contributed by atoms with Crippen LogP contribution in [-0.4, -0.2) is 53.1 Å². The molecule has 0 unspecified atom stereocenters. The minimum atomic E-state index is 0.513. The van der Waals surface area contributed by atoms with Crippen molar-refractivity contribution in [2.45, 2.75) is 18.9 Å². The number of pyridine rings is 3. The van der Waals surface area contributed by atoms with E-state index in [0.29, 0.717) is 12.6 Å². The number of hydrogen-bond donors (Lipinski definition) is 1. The van der Waals surface area contributed by atoms with Gasteiger partial charge in [-0.2, -0.15) is 0 Å². The van der Waals surface area contributed by atoms with E-state index in [1.54, 1.807) is 6.20 Å². The zero-order chi connectivity index (χ0) is 23.3. The first-order chi connectivity index (χ1) is 16.6. The van der Waals surface area contributed by atoms with Crippen LogP contribution in [0.2, 0.25) is 0 Å². The summed E-state index contributed by atoms with van der Waals surface area (Å²) in [6.45, 7) is 1.53. The Morgan fingerprint density at radius 2 is 1.74 bits per heavy atom. The molecule has 0 spiro atoms. The third kappa shape index (κ3) is 5.58. The van der Waals surface area contributed by atoms with E-state index in [-0.39, 0.29) is 0 Å². The molecule has 0 amide bonds. The highest BCUT2D eigenvalue weighted by molar-refractivity contribution is 5.76. The Kier molecular flexibility index (Phi) is 6.49. The summed E-state index contributed by atoms with van der Waals surface area (Å²) in [6.07, 6.45) is 7.98. The Balaban J connectivity index is 1.46. The van der Waals surface area contributed by atoms with Crippen LogP contribution in [0.1, 0.15) is 12.8 Å². The van der Waals surface area contributed by atoms with E-state index in [1.165, 1.54) is 12.8 Å².